The van der Waals surface area contributed by atoms with E-state index in [1.54, 1.807) is 21.1 Å². The molecule has 0 radical (unpaired) electrons. The van der Waals surface area contributed by atoms with Gasteiger partial charge in [-0.2, -0.15) is 0 Å². The number of nitrogens with two attached hydrogens (primary N) is 1. The van der Waals surface area contributed by atoms with Gasteiger partial charge in [-0.05, 0) is 49.6 Å². The topological polar surface area (TPSA) is 102 Å². The predicted molar refractivity (Wildman–Crippen MR) is 129 cm³/mol. The van der Waals surface area contributed by atoms with Crippen molar-refractivity contribution in [1.82, 2.24) is 10.6 Å². The number of carbonyl (C=O) groups is 2. The van der Waals surface area contributed by atoms with Crippen LogP contribution in [0, 0.1) is 19.8 Å². The first-order valence-corrected chi connectivity index (χ1v) is 11.4. The molecule has 1 saturated heterocycles. The Kier molecular flexibility index (Phi) is 8.54. The molecule has 1 aliphatic rings. The zero-order valence-electron chi connectivity index (χ0n) is 20.4. The molecule has 1 fully saturated rings. The highest BCUT2D eigenvalue weighted by molar-refractivity contribution is 5.85. The number of ether oxygens (including phenoxy) is 3. The minimum absolute atomic E-state index is 0.263. The second-order valence-corrected chi connectivity index (χ2v) is 8.25. The van der Waals surface area contributed by atoms with Gasteiger partial charge in [0.1, 0.15) is 12.1 Å². The third-order valence-corrected chi connectivity index (χ3v) is 5.87. The number of hydrogen-bond donors (Lipinski definition) is 3. The average molecular weight is 469 g/mol. The molecule has 1 aliphatic heterocycles. The molecule has 0 bridgehead atoms. The third kappa shape index (κ3) is 5.88. The summed E-state index contributed by atoms with van der Waals surface area (Å²) < 4.78 is 16.0. The number of rotatable bonds is 9. The van der Waals surface area contributed by atoms with E-state index >= 15 is 0 Å². The molecular weight excluding hydrogens is 434 g/mol. The molecule has 1 heterocycles. The molecule has 0 spiro atoms. The van der Waals surface area contributed by atoms with Gasteiger partial charge in [-0.25, -0.2) is 4.79 Å². The molecule has 3 rings (SSSR count). The Morgan fingerprint density at radius 3 is 2.56 bits per heavy atom. The summed E-state index contributed by atoms with van der Waals surface area (Å²) in [5.41, 5.74) is 4.59. The molecule has 2 atom stereocenters. The fraction of sp³-hybridized carbons (Fsp3) is 0.385. The smallest absolute Gasteiger partial charge is 0.319 e. The van der Waals surface area contributed by atoms with Crippen molar-refractivity contribution in [3.8, 4) is 11.5 Å². The van der Waals surface area contributed by atoms with E-state index in [1.807, 2.05) is 61.8 Å². The molecule has 2 aromatic carbocycles. The Labute approximate surface area is 200 Å². The Morgan fingerprint density at radius 1 is 1.09 bits per heavy atom. The number of carbonyl (C=O) groups excluding carboxylic acids is 2. The van der Waals surface area contributed by atoms with Gasteiger partial charge in [-0.1, -0.05) is 29.8 Å². The molecule has 34 heavy (non-hydrogen) atoms. The lowest BCUT2D eigenvalue weighted by molar-refractivity contribution is -0.588. The van der Waals surface area contributed by atoms with Gasteiger partial charge in [0.05, 0.1) is 39.1 Å². The van der Waals surface area contributed by atoms with E-state index < -0.39 is 12.0 Å². The van der Waals surface area contributed by atoms with Gasteiger partial charge in [0, 0.05) is 6.42 Å². The van der Waals surface area contributed by atoms with Crippen molar-refractivity contribution in [3.63, 3.8) is 0 Å². The lowest BCUT2D eigenvalue weighted by Crippen LogP contribution is -2.79. The number of hydrogen-bond acceptors (Lipinski definition) is 5. The number of methoxy groups -OCH3 is 2. The van der Waals surface area contributed by atoms with Crippen LogP contribution < -0.4 is 25.4 Å². The van der Waals surface area contributed by atoms with Crippen molar-refractivity contribution in [2.45, 2.75) is 33.2 Å². The maximum absolute atomic E-state index is 13.0. The number of amides is 2. The second kappa shape index (κ2) is 11.6. The number of quaternary nitrogens is 1. The van der Waals surface area contributed by atoms with Crippen molar-refractivity contribution in [2.75, 3.05) is 27.4 Å². The van der Waals surface area contributed by atoms with Gasteiger partial charge in [0.15, 0.2) is 11.5 Å². The highest BCUT2D eigenvalue weighted by Crippen LogP contribution is 2.33. The quantitative estimate of drug-likeness (QED) is 0.388. The highest BCUT2D eigenvalue weighted by Gasteiger charge is 2.41. The summed E-state index contributed by atoms with van der Waals surface area (Å²) in [6.45, 7) is 6.72. The van der Waals surface area contributed by atoms with Crippen LogP contribution in [0.5, 0.6) is 11.5 Å². The summed E-state index contributed by atoms with van der Waals surface area (Å²) >= 11 is 0. The molecular formula is C26H34N3O5+. The van der Waals surface area contributed by atoms with Crippen molar-refractivity contribution in [1.29, 1.82) is 0 Å². The van der Waals surface area contributed by atoms with Gasteiger partial charge in [-0.15, -0.1) is 0 Å². The highest BCUT2D eigenvalue weighted by atomic mass is 16.5. The van der Waals surface area contributed by atoms with Crippen LogP contribution in [-0.2, 0) is 16.0 Å². The summed E-state index contributed by atoms with van der Waals surface area (Å²) in [5, 5.41) is 7.70. The number of esters is 1. The first kappa shape index (κ1) is 25.1. The summed E-state index contributed by atoms with van der Waals surface area (Å²) in [7, 11) is 3.22. The Balaban J connectivity index is 1.80. The monoisotopic (exact) mass is 468 g/mol. The number of nitrogens with one attached hydrogen (secondary N) is 2. The summed E-state index contributed by atoms with van der Waals surface area (Å²) in [6.07, 6.45) is 2.58. The van der Waals surface area contributed by atoms with Crippen LogP contribution in [0.2, 0.25) is 0 Å². The van der Waals surface area contributed by atoms with Crippen LogP contribution in [-0.4, -0.2) is 39.4 Å². The van der Waals surface area contributed by atoms with Crippen LogP contribution in [0.4, 0.5) is 4.79 Å². The molecule has 0 aliphatic carbocycles. The second-order valence-electron chi connectivity index (χ2n) is 8.25. The predicted octanol–water partition coefficient (Wildman–Crippen LogP) is 2.50. The fourth-order valence-electron chi connectivity index (χ4n) is 4.14. The Bertz CT molecular complexity index is 1070. The number of benzene rings is 2. The van der Waals surface area contributed by atoms with Crippen molar-refractivity contribution < 1.29 is 29.1 Å². The molecule has 182 valence electrons. The molecule has 0 saturated carbocycles. The lowest BCUT2D eigenvalue weighted by Gasteiger charge is -2.34. The van der Waals surface area contributed by atoms with Gasteiger partial charge in [0.2, 0.25) is 0 Å². The van der Waals surface area contributed by atoms with Crippen LogP contribution in [0.1, 0.15) is 35.2 Å². The average Bonchev–Trinajstić information content (AvgIpc) is 2.82. The molecule has 2 aromatic rings. The van der Waals surface area contributed by atoms with Crippen LogP contribution >= 0.6 is 0 Å². The minimum atomic E-state index is -0.671. The molecule has 8 heteroatoms. The fourth-order valence-corrected chi connectivity index (χ4v) is 4.14. The zero-order valence-corrected chi connectivity index (χ0v) is 20.4. The van der Waals surface area contributed by atoms with Gasteiger partial charge in [-0.3, -0.25) is 4.79 Å². The van der Waals surface area contributed by atoms with E-state index in [0.717, 1.165) is 28.7 Å². The molecule has 8 nitrogen and oxygen atoms in total. The zero-order chi connectivity index (χ0) is 24.7. The maximum atomic E-state index is 13.0. The molecule has 0 unspecified atom stereocenters. The summed E-state index contributed by atoms with van der Waals surface area (Å²) in [5.74, 6) is 0.322. The first-order chi connectivity index (χ1) is 16.4. The molecule has 4 N–H and O–H groups in total. The van der Waals surface area contributed by atoms with E-state index in [9.17, 15) is 9.59 Å². The van der Waals surface area contributed by atoms with E-state index in [1.165, 1.54) is 0 Å². The van der Waals surface area contributed by atoms with Crippen LogP contribution in [0.3, 0.4) is 0 Å². The van der Waals surface area contributed by atoms with E-state index in [0.29, 0.717) is 23.7 Å². The Morgan fingerprint density at radius 2 is 1.85 bits per heavy atom. The van der Waals surface area contributed by atoms with Crippen LogP contribution in [0.25, 0.3) is 0 Å². The number of aryl methyl sites for hydroxylation is 2. The third-order valence-electron chi connectivity index (χ3n) is 5.87. The standard InChI is InChI=1S/C26H33N3O5/c1-6-34-25(30)23-20(15-27-12-11-18-9-10-21(32-4)22(14-18)33-5)28-26(31)29-24(23)19-13-16(2)7-8-17(19)3/h7-10,13-15,23-24,27H,6,11-12H2,1-5H3,(H2,28,29,31)/p+1/b20-15+/t23-,24+/m0/s1. The molecule has 0 aromatic heterocycles. The summed E-state index contributed by atoms with van der Waals surface area (Å²) in [4.78, 5) is 25.5. The number of urea groups is 1. The SMILES string of the molecule is CCOC(=O)[C@H]1/C(=C\[NH2+]CCc2ccc(OC)c(OC)c2)NC(=O)N[C@@H]1c1cc(C)ccc1C. The van der Waals surface area contributed by atoms with Crippen molar-refractivity contribution in [3.05, 3.63) is 70.5 Å². The Hall–Kier alpha value is -3.52. The van der Waals surface area contributed by atoms with Gasteiger partial charge in [0.25, 0.3) is 0 Å². The van der Waals surface area contributed by atoms with Gasteiger partial charge >= 0.3 is 12.0 Å². The first-order valence-electron chi connectivity index (χ1n) is 11.4. The largest absolute Gasteiger partial charge is 0.493 e. The van der Waals surface area contributed by atoms with Crippen molar-refractivity contribution >= 4 is 12.0 Å². The lowest BCUT2D eigenvalue weighted by atomic mass is 9.86. The summed E-state index contributed by atoms with van der Waals surface area (Å²) in [6, 6.07) is 11.0. The van der Waals surface area contributed by atoms with E-state index in [4.69, 9.17) is 14.2 Å². The van der Waals surface area contributed by atoms with E-state index in [-0.39, 0.29) is 18.6 Å². The van der Waals surface area contributed by atoms with E-state index in [2.05, 4.69) is 10.6 Å². The van der Waals surface area contributed by atoms with Crippen molar-refractivity contribution in [2.24, 2.45) is 5.92 Å². The minimum Gasteiger partial charge on any atom is -0.493 e. The normalized spacial score (nSPS) is 18.7. The van der Waals surface area contributed by atoms with Gasteiger partial charge < -0.3 is 30.2 Å². The molecule has 2 amide bonds. The maximum Gasteiger partial charge on any atom is 0.319 e. The van der Waals surface area contributed by atoms with Crippen LogP contribution in [0.15, 0.2) is 48.3 Å².